The molecule has 9 heteroatoms. The van der Waals surface area contributed by atoms with Crippen molar-refractivity contribution in [1.82, 2.24) is 5.32 Å². The van der Waals surface area contributed by atoms with E-state index < -0.39 is 11.8 Å². The van der Waals surface area contributed by atoms with Gasteiger partial charge in [0.2, 0.25) is 5.75 Å². The molecule has 1 N–H and O–H groups in total. The zero-order chi connectivity index (χ0) is 21.8. The van der Waals surface area contributed by atoms with Gasteiger partial charge < -0.3 is 18.9 Å². The Bertz CT molecular complexity index is 1010. The molecule has 8 nitrogen and oxygen atoms in total. The molecule has 0 unspecified atom stereocenters. The van der Waals surface area contributed by atoms with E-state index in [1.54, 1.807) is 43.5 Å². The van der Waals surface area contributed by atoms with E-state index in [1.807, 2.05) is 0 Å². The lowest BCUT2D eigenvalue weighted by atomic mass is 10.1. The summed E-state index contributed by atoms with van der Waals surface area (Å²) in [5, 5.41) is 2.55. The molecule has 0 bridgehead atoms. The monoisotopic (exact) mass is 428 g/mol. The van der Waals surface area contributed by atoms with Gasteiger partial charge in [0, 0.05) is 0 Å². The molecule has 0 aromatic heterocycles. The van der Waals surface area contributed by atoms with Crippen molar-refractivity contribution in [1.29, 1.82) is 0 Å². The highest BCUT2D eigenvalue weighted by molar-refractivity contribution is 7.80. The first-order chi connectivity index (χ1) is 14.4. The van der Waals surface area contributed by atoms with Crippen LogP contribution in [-0.4, -0.2) is 45.4 Å². The molecule has 0 atom stereocenters. The molecule has 0 saturated carbocycles. The van der Waals surface area contributed by atoms with Gasteiger partial charge >= 0.3 is 0 Å². The number of rotatable bonds is 6. The van der Waals surface area contributed by atoms with Crippen molar-refractivity contribution in [3.8, 4) is 23.0 Å². The number of carbonyl (C=O) groups excluding carboxylic acids is 2. The molecule has 156 valence electrons. The first-order valence-corrected chi connectivity index (χ1v) is 9.19. The maximum Gasteiger partial charge on any atom is 0.270 e. The number of carbonyl (C=O) groups is 2. The lowest BCUT2D eigenvalue weighted by Crippen LogP contribution is -2.54. The Kier molecular flexibility index (Phi) is 6.22. The molecule has 0 spiro atoms. The topological polar surface area (TPSA) is 86.3 Å². The third-order valence-corrected chi connectivity index (χ3v) is 4.71. The standard InChI is InChI=1S/C21H20N2O6S/c1-26-14-7-5-13(6-8-14)23-20(25)15(19(24)22-21(23)30)9-12-10-16(27-2)18(29-4)17(11-12)28-3/h5-11H,1-4H3,(H,22,24,30). The molecule has 30 heavy (non-hydrogen) atoms. The highest BCUT2D eigenvalue weighted by Crippen LogP contribution is 2.39. The van der Waals surface area contributed by atoms with Crippen molar-refractivity contribution in [2.24, 2.45) is 0 Å². The number of hydrogen-bond acceptors (Lipinski definition) is 7. The molecule has 0 aliphatic carbocycles. The summed E-state index contributed by atoms with van der Waals surface area (Å²) in [6.45, 7) is 0. The minimum atomic E-state index is -0.594. The van der Waals surface area contributed by atoms with Crippen molar-refractivity contribution in [3.05, 3.63) is 47.5 Å². The van der Waals surface area contributed by atoms with Crippen molar-refractivity contribution in [2.45, 2.75) is 0 Å². The number of nitrogens with zero attached hydrogens (tertiary/aromatic N) is 1. The molecule has 0 radical (unpaired) electrons. The minimum absolute atomic E-state index is 0.00258. The van der Waals surface area contributed by atoms with Crippen LogP contribution in [0.2, 0.25) is 0 Å². The van der Waals surface area contributed by atoms with E-state index in [9.17, 15) is 9.59 Å². The summed E-state index contributed by atoms with van der Waals surface area (Å²) in [6.07, 6.45) is 1.44. The zero-order valence-electron chi connectivity index (χ0n) is 16.8. The van der Waals surface area contributed by atoms with E-state index in [0.29, 0.717) is 34.2 Å². The fourth-order valence-corrected chi connectivity index (χ4v) is 3.26. The number of thiocarbonyl (C=S) groups is 1. The van der Waals surface area contributed by atoms with E-state index in [0.717, 1.165) is 0 Å². The SMILES string of the molecule is COc1ccc(N2C(=O)C(=Cc3cc(OC)c(OC)c(OC)c3)C(=O)NC2=S)cc1. The second kappa shape index (κ2) is 8.83. The largest absolute Gasteiger partial charge is 0.497 e. The zero-order valence-corrected chi connectivity index (χ0v) is 17.7. The third-order valence-electron chi connectivity index (χ3n) is 4.43. The number of benzene rings is 2. The molecular weight excluding hydrogens is 408 g/mol. The summed E-state index contributed by atoms with van der Waals surface area (Å²) in [5.41, 5.74) is 0.931. The fraction of sp³-hybridized carbons (Fsp3) is 0.190. The second-order valence-electron chi connectivity index (χ2n) is 6.11. The van der Waals surface area contributed by atoms with Gasteiger partial charge in [-0.1, -0.05) is 0 Å². The van der Waals surface area contributed by atoms with Crippen LogP contribution in [0, 0.1) is 0 Å². The van der Waals surface area contributed by atoms with E-state index in [1.165, 1.54) is 32.3 Å². The van der Waals surface area contributed by atoms with Crippen LogP contribution in [0.25, 0.3) is 6.08 Å². The number of anilines is 1. The molecule has 2 aromatic rings. The summed E-state index contributed by atoms with van der Waals surface area (Å²) < 4.78 is 21.1. The summed E-state index contributed by atoms with van der Waals surface area (Å²) in [5.74, 6) is 0.685. The van der Waals surface area contributed by atoms with Gasteiger partial charge in [0.05, 0.1) is 34.1 Å². The lowest BCUT2D eigenvalue weighted by molar-refractivity contribution is -0.122. The van der Waals surface area contributed by atoms with Gasteiger partial charge in [0.25, 0.3) is 11.8 Å². The predicted octanol–water partition coefficient (Wildman–Crippen LogP) is 2.55. The van der Waals surface area contributed by atoms with Gasteiger partial charge in [-0.25, -0.2) is 0 Å². The van der Waals surface area contributed by atoms with Crippen LogP contribution in [0.3, 0.4) is 0 Å². The Morgan fingerprint density at radius 2 is 1.50 bits per heavy atom. The van der Waals surface area contributed by atoms with Gasteiger partial charge in [-0.15, -0.1) is 0 Å². The Morgan fingerprint density at radius 3 is 2.00 bits per heavy atom. The van der Waals surface area contributed by atoms with Crippen LogP contribution >= 0.6 is 12.2 Å². The normalized spacial score (nSPS) is 15.1. The molecule has 1 heterocycles. The Balaban J connectivity index is 2.04. The Hall–Kier alpha value is -3.59. The molecular formula is C21H20N2O6S. The van der Waals surface area contributed by atoms with Gasteiger partial charge in [0.1, 0.15) is 11.3 Å². The predicted molar refractivity (Wildman–Crippen MR) is 115 cm³/mol. The van der Waals surface area contributed by atoms with Crippen molar-refractivity contribution in [2.75, 3.05) is 33.3 Å². The van der Waals surface area contributed by atoms with E-state index in [-0.39, 0.29) is 10.7 Å². The van der Waals surface area contributed by atoms with Crippen molar-refractivity contribution >= 4 is 40.9 Å². The number of amides is 2. The highest BCUT2D eigenvalue weighted by Gasteiger charge is 2.34. The molecule has 1 saturated heterocycles. The van der Waals surface area contributed by atoms with Crippen LogP contribution in [0.4, 0.5) is 5.69 Å². The number of methoxy groups -OCH3 is 4. The average Bonchev–Trinajstić information content (AvgIpc) is 2.76. The van der Waals surface area contributed by atoms with Gasteiger partial charge in [-0.3, -0.25) is 19.8 Å². The molecule has 1 fully saturated rings. The number of nitrogens with one attached hydrogen (secondary N) is 1. The quantitative estimate of drug-likeness (QED) is 0.430. The van der Waals surface area contributed by atoms with Gasteiger partial charge in [-0.2, -0.15) is 0 Å². The average molecular weight is 428 g/mol. The van der Waals surface area contributed by atoms with Crippen molar-refractivity contribution in [3.63, 3.8) is 0 Å². The van der Waals surface area contributed by atoms with Crippen LogP contribution in [-0.2, 0) is 9.59 Å². The number of hydrogen-bond donors (Lipinski definition) is 1. The van der Waals surface area contributed by atoms with E-state index in [4.69, 9.17) is 31.2 Å². The lowest BCUT2D eigenvalue weighted by Gasteiger charge is -2.29. The smallest absolute Gasteiger partial charge is 0.270 e. The highest BCUT2D eigenvalue weighted by atomic mass is 32.1. The molecule has 2 aromatic carbocycles. The Morgan fingerprint density at radius 1 is 0.900 bits per heavy atom. The minimum Gasteiger partial charge on any atom is -0.497 e. The van der Waals surface area contributed by atoms with E-state index in [2.05, 4.69) is 5.32 Å². The van der Waals surface area contributed by atoms with Crippen LogP contribution in [0.5, 0.6) is 23.0 Å². The molecule has 1 aliphatic rings. The molecule has 1 aliphatic heterocycles. The van der Waals surface area contributed by atoms with Gasteiger partial charge in [0.15, 0.2) is 16.6 Å². The third kappa shape index (κ3) is 3.92. The van der Waals surface area contributed by atoms with Crippen molar-refractivity contribution < 1.29 is 28.5 Å². The first kappa shape index (κ1) is 21.1. The van der Waals surface area contributed by atoms with Crippen LogP contribution in [0.15, 0.2) is 42.0 Å². The summed E-state index contributed by atoms with van der Waals surface area (Å²) in [6, 6.07) is 10.0. The van der Waals surface area contributed by atoms with Crippen LogP contribution in [0.1, 0.15) is 5.56 Å². The number of ether oxygens (including phenoxy) is 4. The maximum atomic E-state index is 13.1. The van der Waals surface area contributed by atoms with Gasteiger partial charge in [-0.05, 0) is 60.3 Å². The van der Waals surface area contributed by atoms with E-state index >= 15 is 0 Å². The Labute approximate surface area is 179 Å². The molecule has 3 rings (SSSR count). The van der Waals surface area contributed by atoms with Crippen LogP contribution < -0.4 is 29.2 Å². The second-order valence-corrected chi connectivity index (χ2v) is 6.50. The summed E-state index contributed by atoms with van der Waals surface area (Å²) >= 11 is 5.21. The fourth-order valence-electron chi connectivity index (χ4n) is 2.97. The maximum absolute atomic E-state index is 13.1. The summed E-state index contributed by atoms with van der Waals surface area (Å²) in [7, 11) is 6.00. The first-order valence-electron chi connectivity index (χ1n) is 8.79. The molecule has 2 amide bonds. The summed E-state index contributed by atoms with van der Waals surface area (Å²) in [4.78, 5) is 26.9.